The van der Waals surface area contributed by atoms with Gasteiger partial charge in [-0.3, -0.25) is 0 Å². The Balaban J connectivity index is 0. The molecule has 36 valence electrons. The van der Waals surface area contributed by atoms with Gasteiger partial charge in [0.25, 0.3) is 0 Å². The zero-order valence-electron chi connectivity index (χ0n) is 3.16. The summed E-state index contributed by atoms with van der Waals surface area (Å²) in [4.78, 5) is 0. The first kappa shape index (κ1) is 10.2. The van der Waals surface area contributed by atoms with E-state index in [1.807, 2.05) is 0 Å². The summed E-state index contributed by atoms with van der Waals surface area (Å²) in [5, 5.41) is 15.6. The third-order valence-electron chi connectivity index (χ3n) is 0.218. The Morgan fingerprint density at radius 3 is 2.00 bits per heavy atom. The van der Waals surface area contributed by atoms with Crippen molar-refractivity contribution in [3.05, 3.63) is 12.8 Å². The van der Waals surface area contributed by atoms with Gasteiger partial charge in [0.1, 0.15) is 0 Å². The Morgan fingerprint density at radius 1 is 1.57 bits per heavy atom. The maximum absolute atomic E-state index is 7.81. The first-order chi connectivity index (χ1) is 2.77. The molecule has 0 saturated heterocycles. The molecule has 7 heavy (non-hydrogen) atoms. The van der Waals surface area contributed by atoms with Gasteiger partial charge in [-0.05, 0) is 0 Å². The molecule has 0 bridgehead atoms. The van der Waals surface area contributed by atoms with Crippen LogP contribution in [0, 0.1) is 0 Å². The normalized spacial score (nSPS) is 6.00. The van der Waals surface area contributed by atoms with Crippen LogP contribution in [0.3, 0.4) is 0 Å². The standard InChI is InChI=1S/C2H5BO3.Li.H/c1-2-6-3(4)5;;/h2,4-5H,1H2;;. The molecule has 0 fully saturated rings. The van der Waals surface area contributed by atoms with Crippen LogP contribution in [0.2, 0.25) is 0 Å². The predicted octanol–water partition coefficient (Wildman–Crippen LogP) is -1.53. The molecule has 0 atom stereocenters. The van der Waals surface area contributed by atoms with Gasteiger partial charge in [-0.25, -0.2) is 0 Å². The van der Waals surface area contributed by atoms with E-state index in [0.717, 1.165) is 6.26 Å². The molecule has 0 rings (SSSR count). The molecule has 0 aromatic carbocycles. The summed E-state index contributed by atoms with van der Waals surface area (Å²) in [5.74, 6) is 0. The van der Waals surface area contributed by atoms with E-state index < -0.39 is 7.32 Å². The molecule has 3 nitrogen and oxygen atoms in total. The van der Waals surface area contributed by atoms with Crippen molar-refractivity contribution in [2.24, 2.45) is 0 Å². The predicted molar refractivity (Wildman–Crippen MR) is 28.6 cm³/mol. The number of rotatable bonds is 2. The van der Waals surface area contributed by atoms with Gasteiger partial charge in [0.2, 0.25) is 0 Å². The van der Waals surface area contributed by atoms with Crippen molar-refractivity contribution >= 4 is 26.2 Å². The van der Waals surface area contributed by atoms with E-state index in [9.17, 15) is 0 Å². The van der Waals surface area contributed by atoms with Crippen molar-refractivity contribution in [1.29, 1.82) is 0 Å². The van der Waals surface area contributed by atoms with E-state index >= 15 is 0 Å². The van der Waals surface area contributed by atoms with Crippen LogP contribution in [-0.2, 0) is 4.65 Å². The van der Waals surface area contributed by atoms with Crippen molar-refractivity contribution in [3.8, 4) is 0 Å². The van der Waals surface area contributed by atoms with E-state index in [1.54, 1.807) is 0 Å². The van der Waals surface area contributed by atoms with Gasteiger partial charge in [0, 0.05) is 0 Å². The molecule has 0 heterocycles. The summed E-state index contributed by atoms with van der Waals surface area (Å²) in [6, 6.07) is 0. The molecule has 0 aliphatic rings. The van der Waals surface area contributed by atoms with Crippen LogP contribution in [-0.4, -0.2) is 36.2 Å². The molecular weight excluding hydrogens is 89.8 g/mol. The van der Waals surface area contributed by atoms with Gasteiger partial charge in [0.15, 0.2) is 0 Å². The minimum atomic E-state index is -1.72. The molecule has 0 unspecified atom stereocenters. The molecule has 0 aliphatic carbocycles. The van der Waals surface area contributed by atoms with Crippen LogP contribution >= 0.6 is 0 Å². The Morgan fingerprint density at radius 2 is 2.00 bits per heavy atom. The second kappa shape index (κ2) is 6.12. The summed E-state index contributed by atoms with van der Waals surface area (Å²) >= 11 is 0. The van der Waals surface area contributed by atoms with E-state index in [-0.39, 0.29) is 18.9 Å². The fourth-order valence-corrected chi connectivity index (χ4v) is 0.0861. The fraction of sp³-hybridized carbons (Fsp3) is 0. The van der Waals surface area contributed by atoms with Crippen molar-refractivity contribution in [2.45, 2.75) is 0 Å². The van der Waals surface area contributed by atoms with Gasteiger partial charge in [0.05, 0.1) is 6.26 Å². The van der Waals surface area contributed by atoms with Gasteiger partial charge in [-0.1, -0.05) is 6.58 Å². The van der Waals surface area contributed by atoms with Gasteiger partial charge < -0.3 is 14.7 Å². The quantitative estimate of drug-likeness (QED) is 0.323. The van der Waals surface area contributed by atoms with Crippen LogP contribution in [0.4, 0.5) is 0 Å². The zero-order chi connectivity index (χ0) is 4.99. The molecule has 0 aromatic rings. The van der Waals surface area contributed by atoms with Crippen LogP contribution < -0.4 is 0 Å². The molecule has 0 amide bonds. The maximum atomic E-state index is 7.81. The summed E-state index contributed by atoms with van der Waals surface area (Å²) in [6.07, 6.45) is 0.949. The molecule has 0 spiro atoms. The van der Waals surface area contributed by atoms with Crippen molar-refractivity contribution in [1.82, 2.24) is 0 Å². The van der Waals surface area contributed by atoms with E-state index in [1.165, 1.54) is 0 Å². The Labute approximate surface area is 54.3 Å². The van der Waals surface area contributed by atoms with Gasteiger partial charge in [-0.15, -0.1) is 0 Å². The second-order valence-corrected chi connectivity index (χ2v) is 0.629. The molecule has 0 aromatic heterocycles. The molecular formula is C2H6BLiO3. The van der Waals surface area contributed by atoms with Gasteiger partial charge in [-0.2, -0.15) is 0 Å². The van der Waals surface area contributed by atoms with Gasteiger partial charge >= 0.3 is 26.2 Å². The first-order valence-electron chi connectivity index (χ1n) is 1.40. The zero-order valence-corrected chi connectivity index (χ0v) is 3.16. The van der Waals surface area contributed by atoms with E-state index in [2.05, 4.69) is 11.2 Å². The van der Waals surface area contributed by atoms with Crippen molar-refractivity contribution in [3.63, 3.8) is 0 Å². The summed E-state index contributed by atoms with van der Waals surface area (Å²) in [6.45, 7) is 3.06. The third kappa shape index (κ3) is 10.7. The number of hydrogen-bond donors (Lipinski definition) is 2. The van der Waals surface area contributed by atoms with Crippen molar-refractivity contribution < 1.29 is 14.7 Å². The van der Waals surface area contributed by atoms with E-state index in [0.29, 0.717) is 0 Å². The topological polar surface area (TPSA) is 49.7 Å². The molecule has 2 N–H and O–H groups in total. The van der Waals surface area contributed by atoms with E-state index in [4.69, 9.17) is 10.0 Å². The second-order valence-electron chi connectivity index (χ2n) is 0.629. The minimum absolute atomic E-state index is 0. The Kier molecular flexibility index (Phi) is 8.90. The third-order valence-corrected chi connectivity index (χ3v) is 0.218. The fourth-order valence-electron chi connectivity index (χ4n) is 0.0861. The summed E-state index contributed by atoms with van der Waals surface area (Å²) in [7, 11) is -1.72. The average Bonchev–Trinajstić information content (AvgIpc) is 1.35. The van der Waals surface area contributed by atoms with Crippen LogP contribution in [0.25, 0.3) is 0 Å². The monoisotopic (exact) mass is 96.1 g/mol. The first-order valence-corrected chi connectivity index (χ1v) is 1.40. The van der Waals surface area contributed by atoms with Crippen LogP contribution in [0.1, 0.15) is 0 Å². The van der Waals surface area contributed by atoms with Crippen LogP contribution in [0.15, 0.2) is 12.8 Å². The Hall–Kier alpha value is 0.122. The SMILES string of the molecule is C=COB(O)O.[LiH]. The molecule has 5 heteroatoms. The molecule has 0 saturated carbocycles. The molecule has 0 aliphatic heterocycles. The summed E-state index contributed by atoms with van der Waals surface area (Å²) < 4.78 is 3.92. The Bertz CT molecular complexity index is 48.2. The van der Waals surface area contributed by atoms with Crippen molar-refractivity contribution in [2.75, 3.05) is 0 Å². The molecule has 0 radical (unpaired) electrons. The average molecular weight is 95.8 g/mol. The number of hydrogen-bond acceptors (Lipinski definition) is 3. The summed E-state index contributed by atoms with van der Waals surface area (Å²) in [5.41, 5.74) is 0. The van der Waals surface area contributed by atoms with Crippen LogP contribution in [0.5, 0.6) is 0 Å².